The molecule has 224 valence electrons. The number of carbonyl (C=O) groups is 2. The monoisotopic (exact) mass is 621 g/mol. The zero-order chi connectivity index (χ0) is 30.7. The van der Waals surface area contributed by atoms with Crippen molar-refractivity contribution in [1.29, 1.82) is 0 Å². The molecule has 0 bridgehead atoms. The SMILES string of the molecule is CC(C)(C)C(=O)NCc1ccc(Cl)c(Nc2nc3c(F)c(F)c(C(N)=O)cc3[nH]2)c1Cl.FC(F)(F)C1CCCCC1. The number of nitrogens with two attached hydrogens (primary N) is 1. The molecule has 1 fully saturated rings. The van der Waals surface area contributed by atoms with E-state index in [0.29, 0.717) is 18.4 Å². The molecule has 2 amide bonds. The standard InChI is InChI=1S/C20H19Cl2F2N5O2.C7H11F3/c1-20(2,3)18(31)26-7-8-4-5-10(21)15(12(8)22)28-19-27-11-6-9(17(25)30)13(23)14(24)16(11)29-19;8-7(9,10)6-4-2-1-3-5-6/h4-6H,7H2,1-3H3,(H2,25,30)(H,26,31)(H2,27,28,29);6H,1-5H2. The lowest BCUT2D eigenvalue weighted by Crippen LogP contribution is -2.34. The first kappa shape index (κ1) is 32.4. The topological polar surface area (TPSA) is 113 Å². The van der Waals surface area contributed by atoms with Gasteiger partial charge in [0.05, 0.1) is 32.7 Å². The number of imidazole rings is 1. The van der Waals surface area contributed by atoms with Crippen molar-refractivity contribution >= 4 is 57.7 Å². The number of anilines is 2. The lowest BCUT2D eigenvalue weighted by molar-refractivity contribution is -0.181. The van der Waals surface area contributed by atoms with Gasteiger partial charge in [0.15, 0.2) is 11.6 Å². The number of primary amides is 1. The molecule has 14 heteroatoms. The summed E-state index contributed by atoms with van der Waals surface area (Å²) in [6.07, 6.45) is -0.742. The van der Waals surface area contributed by atoms with Crippen LogP contribution in [0.3, 0.4) is 0 Å². The van der Waals surface area contributed by atoms with E-state index in [1.54, 1.807) is 32.9 Å². The minimum absolute atomic E-state index is 0.00889. The van der Waals surface area contributed by atoms with E-state index in [9.17, 15) is 31.5 Å². The second kappa shape index (κ2) is 12.8. The van der Waals surface area contributed by atoms with Gasteiger partial charge >= 0.3 is 6.18 Å². The van der Waals surface area contributed by atoms with Crippen molar-refractivity contribution in [3.63, 3.8) is 0 Å². The molecule has 5 N–H and O–H groups in total. The highest BCUT2D eigenvalue weighted by atomic mass is 35.5. The number of H-pyrrole nitrogens is 1. The van der Waals surface area contributed by atoms with Crippen LogP contribution in [0.15, 0.2) is 18.2 Å². The van der Waals surface area contributed by atoms with Crippen molar-refractivity contribution in [1.82, 2.24) is 15.3 Å². The fraction of sp³-hybridized carbons (Fsp3) is 0.444. The lowest BCUT2D eigenvalue weighted by atomic mass is 9.89. The number of amides is 2. The number of hydrogen-bond acceptors (Lipinski definition) is 4. The number of nitrogens with one attached hydrogen (secondary N) is 3. The van der Waals surface area contributed by atoms with E-state index in [2.05, 4.69) is 20.6 Å². The Hall–Kier alpha value is -3.12. The molecular formula is C27H30Cl2F5N5O2. The van der Waals surface area contributed by atoms with Gasteiger partial charge in [0.25, 0.3) is 5.91 Å². The van der Waals surface area contributed by atoms with Gasteiger partial charge in [-0.3, -0.25) is 9.59 Å². The number of hydrogen-bond donors (Lipinski definition) is 4. The molecule has 0 aliphatic heterocycles. The molecule has 0 unspecified atom stereocenters. The first-order chi connectivity index (χ1) is 19.0. The third kappa shape index (κ3) is 8.00. The molecule has 7 nitrogen and oxygen atoms in total. The van der Waals surface area contributed by atoms with Crippen molar-refractivity contribution in [2.45, 2.75) is 65.6 Å². The molecule has 41 heavy (non-hydrogen) atoms. The highest BCUT2D eigenvalue weighted by molar-refractivity contribution is 6.39. The summed E-state index contributed by atoms with van der Waals surface area (Å²) in [7, 11) is 0. The lowest BCUT2D eigenvalue weighted by Gasteiger charge is -2.23. The van der Waals surface area contributed by atoms with E-state index in [0.717, 1.165) is 25.3 Å². The van der Waals surface area contributed by atoms with E-state index in [-0.39, 0.29) is 45.2 Å². The Bertz CT molecular complexity index is 1430. The summed E-state index contributed by atoms with van der Waals surface area (Å²) in [5, 5.41) is 6.08. The summed E-state index contributed by atoms with van der Waals surface area (Å²) >= 11 is 12.7. The molecule has 1 aliphatic rings. The molecule has 1 heterocycles. The molecule has 1 saturated carbocycles. The third-order valence-corrected chi connectivity index (χ3v) is 7.27. The fourth-order valence-electron chi connectivity index (χ4n) is 4.16. The number of nitrogens with zero attached hydrogens (tertiary/aromatic N) is 1. The first-order valence-electron chi connectivity index (χ1n) is 12.8. The van der Waals surface area contributed by atoms with Gasteiger partial charge < -0.3 is 21.4 Å². The van der Waals surface area contributed by atoms with Crippen LogP contribution in [-0.4, -0.2) is 28.0 Å². The van der Waals surface area contributed by atoms with Gasteiger partial charge in [0.1, 0.15) is 5.52 Å². The highest BCUT2D eigenvalue weighted by Gasteiger charge is 2.39. The number of halogens is 7. The molecule has 0 radical (unpaired) electrons. The first-order valence-corrected chi connectivity index (χ1v) is 13.5. The van der Waals surface area contributed by atoms with E-state index in [1.807, 2.05) is 0 Å². The smallest absolute Gasteiger partial charge is 0.366 e. The van der Waals surface area contributed by atoms with Gasteiger partial charge in [-0.15, -0.1) is 0 Å². The van der Waals surface area contributed by atoms with Crippen molar-refractivity contribution in [3.05, 3.63) is 51.0 Å². The molecule has 1 aliphatic carbocycles. The van der Waals surface area contributed by atoms with Crippen LogP contribution < -0.4 is 16.4 Å². The summed E-state index contributed by atoms with van der Waals surface area (Å²) in [6.45, 7) is 5.51. The Balaban J connectivity index is 0.000000389. The predicted octanol–water partition coefficient (Wildman–Crippen LogP) is 7.78. The summed E-state index contributed by atoms with van der Waals surface area (Å²) in [5.74, 6) is -4.96. The Kier molecular flexibility index (Phi) is 10.1. The molecule has 3 aromatic rings. The van der Waals surface area contributed by atoms with Crippen LogP contribution >= 0.6 is 23.2 Å². The van der Waals surface area contributed by atoms with Crippen molar-refractivity contribution in [2.24, 2.45) is 17.1 Å². The molecular weight excluding hydrogens is 592 g/mol. The van der Waals surface area contributed by atoms with Gasteiger partial charge in [-0.25, -0.2) is 13.8 Å². The highest BCUT2D eigenvalue weighted by Crippen LogP contribution is 2.37. The van der Waals surface area contributed by atoms with Crippen LogP contribution in [0.1, 0.15) is 68.8 Å². The molecule has 4 rings (SSSR count). The summed E-state index contributed by atoms with van der Waals surface area (Å²) in [4.78, 5) is 30.1. The number of rotatable bonds is 5. The Morgan fingerprint density at radius 2 is 1.71 bits per heavy atom. The van der Waals surface area contributed by atoms with Gasteiger partial charge in [0, 0.05) is 12.0 Å². The minimum atomic E-state index is -3.93. The zero-order valence-electron chi connectivity index (χ0n) is 22.5. The van der Waals surface area contributed by atoms with E-state index in [4.69, 9.17) is 28.9 Å². The van der Waals surface area contributed by atoms with Crippen LogP contribution in [0.2, 0.25) is 10.0 Å². The molecule has 2 aromatic carbocycles. The van der Waals surface area contributed by atoms with Crippen LogP contribution in [0.5, 0.6) is 0 Å². The van der Waals surface area contributed by atoms with E-state index >= 15 is 0 Å². The Morgan fingerprint density at radius 3 is 2.24 bits per heavy atom. The Labute approximate surface area is 243 Å². The fourth-order valence-corrected chi connectivity index (χ4v) is 4.69. The Morgan fingerprint density at radius 1 is 1.07 bits per heavy atom. The largest absolute Gasteiger partial charge is 0.391 e. The number of alkyl halides is 3. The molecule has 0 saturated heterocycles. The van der Waals surface area contributed by atoms with Gasteiger partial charge in [-0.05, 0) is 30.5 Å². The van der Waals surface area contributed by atoms with Crippen molar-refractivity contribution < 1.29 is 31.5 Å². The minimum Gasteiger partial charge on any atom is -0.366 e. The maximum Gasteiger partial charge on any atom is 0.391 e. The maximum absolute atomic E-state index is 14.3. The maximum atomic E-state index is 14.3. The summed E-state index contributed by atoms with van der Waals surface area (Å²) in [6, 6.07) is 4.30. The van der Waals surface area contributed by atoms with E-state index in [1.165, 1.54) is 0 Å². The number of carbonyl (C=O) groups excluding carboxylic acids is 2. The summed E-state index contributed by atoms with van der Waals surface area (Å²) < 4.78 is 64.1. The third-order valence-electron chi connectivity index (χ3n) is 6.53. The predicted molar refractivity (Wildman–Crippen MR) is 148 cm³/mol. The van der Waals surface area contributed by atoms with Crippen molar-refractivity contribution in [3.8, 4) is 0 Å². The van der Waals surface area contributed by atoms with Gasteiger partial charge in [-0.1, -0.05) is 69.3 Å². The van der Waals surface area contributed by atoms with Crippen LogP contribution in [0, 0.1) is 23.0 Å². The van der Waals surface area contributed by atoms with Crippen LogP contribution in [0.4, 0.5) is 33.6 Å². The normalized spacial score (nSPS) is 14.4. The molecule has 0 atom stereocenters. The van der Waals surface area contributed by atoms with Crippen LogP contribution in [0.25, 0.3) is 11.0 Å². The number of aromatic amines is 1. The molecule has 1 aromatic heterocycles. The number of aromatic nitrogens is 2. The number of fused-ring (bicyclic) bond motifs is 1. The van der Waals surface area contributed by atoms with Crippen LogP contribution in [-0.2, 0) is 11.3 Å². The second-order valence-electron chi connectivity index (χ2n) is 10.7. The quantitative estimate of drug-likeness (QED) is 0.218. The average molecular weight is 622 g/mol. The number of benzene rings is 2. The zero-order valence-corrected chi connectivity index (χ0v) is 24.1. The van der Waals surface area contributed by atoms with Gasteiger partial charge in [-0.2, -0.15) is 13.2 Å². The molecule has 0 spiro atoms. The van der Waals surface area contributed by atoms with Gasteiger partial charge in [0.2, 0.25) is 11.9 Å². The second-order valence-corrected chi connectivity index (χ2v) is 11.5. The summed E-state index contributed by atoms with van der Waals surface area (Å²) in [5.41, 5.74) is 4.46. The van der Waals surface area contributed by atoms with Crippen molar-refractivity contribution in [2.75, 3.05) is 5.32 Å². The van der Waals surface area contributed by atoms with E-state index < -0.39 is 40.6 Å². The average Bonchev–Trinajstić information content (AvgIpc) is 3.30.